The lowest BCUT2D eigenvalue weighted by Crippen LogP contribution is -2.22. The van der Waals surface area contributed by atoms with E-state index >= 15 is 0 Å². The Morgan fingerprint density at radius 2 is 1.81 bits per heavy atom. The molecule has 0 aromatic heterocycles. The summed E-state index contributed by atoms with van der Waals surface area (Å²) in [5.41, 5.74) is 3.50. The van der Waals surface area contributed by atoms with Crippen molar-refractivity contribution in [3.63, 3.8) is 0 Å². The molecule has 3 rings (SSSR count). The van der Waals surface area contributed by atoms with Crippen LogP contribution in [0.1, 0.15) is 29.7 Å². The van der Waals surface area contributed by atoms with E-state index in [1.54, 1.807) is 14.2 Å². The summed E-state index contributed by atoms with van der Waals surface area (Å²) in [6.45, 7) is 4.79. The maximum Gasteiger partial charge on any atom is 0.161 e. The molecule has 0 saturated carbocycles. The highest BCUT2D eigenvalue weighted by atomic mass is 16.6. The Morgan fingerprint density at radius 1 is 1.04 bits per heavy atom. The van der Waals surface area contributed by atoms with Gasteiger partial charge in [-0.15, -0.1) is 0 Å². The number of nitrogens with zero attached hydrogens (tertiary/aromatic N) is 1. The van der Waals surface area contributed by atoms with Crippen LogP contribution >= 0.6 is 0 Å². The summed E-state index contributed by atoms with van der Waals surface area (Å²) in [5.74, 6) is 2.52. The Labute approximate surface area is 155 Å². The fourth-order valence-electron chi connectivity index (χ4n) is 3.20. The minimum Gasteiger partial charge on any atom is -0.496 e. The normalized spacial score (nSPS) is 14.3. The molecule has 0 fully saturated rings. The average Bonchev–Trinajstić information content (AvgIpc) is 2.67. The third-order valence-corrected chi connectivity index (χ3v) is 4.79. The highest BCUT2D eigenvalue weighted by Gasteiger charge is 2.17. The zero-order chi connectivity index (χ0) is 18.5. The van der Waals surface area contributed by atoms with E-state index in [0.717, 1.165) is 29.4 Å². The summed E-state index contributed by atoms with van der Waals surface area (Å²) < 4.78 is 22.0. The van der Waals surface area contributed by atoms with Crippen LogP contribution in [-0.4, -0.2) is 39.4 Å². The first-order valence-corrected chi connectivity index (χ1v) is 8.87. The van der Waals surface area contributed by atoms with Crippen LogP contribution in [0.5, 0.6) is 17.2 Å². The van der Waals surface area contributed by atoms with Gasteiger partial charge in [-0.05, 0) is 49.4 Å². The Kier molecular flexibility index (Phi) is 6.01. The number of benzene rings is 2. The minimum absolute atomic E-state index is 0.249. The van der Waals surface area contributed by atoms with Crippen LogP contribution in [0.15, 0.2) is 36.4 Å². The van der Waals surface area contributed by atoms with E-state index in [2.05, 4.69) is 43.1 Å². The first kappa shape index (κ1) is 18.5. The van der Waals surface area contributed by atoms with Crippen molar-refractivity contribution in [2.75, 3.05) is 34.5 Å². The lowest BCUT2D eigenvalue weighted by molar-refractivity contribution is 0.170. The van der Waals surface area contributed by atoms with Gasteiger partial charge in [0.25, 0.3) is 0 Å². The van der Waals surface area contributed by atoms with Crippen LogP contribution in [0.25, 0.3) is 0 Å². The number of methoxy groups -OCH3 is 2. The second-order valence-corrected chi connectivity index (χ2v) is 6.57. The topological polar surface area (TPSA) is 40.2 Å². The first-order valence-electron chi connectivity index (χ1n) is 8.87. The number of hydrogen-bond acceptors (Lipinski definition) is 5. The summed E-state index contributed by atoms with van der Waals surface area (Å²) >= 11 is 0. The van der Waals surface area contributed by atoms with Gasteiger partial charge in [-0.25, -0.2) is 0 Å². The van der Waals surface area contributed by atoms with E-state index in [-0.39, 0.29) is 6.04 Å². The second kappa shape index (κ2) is 8.43. The van der Waals surface area contributed by atoms with Crippen molar-refractivity contribution in [3.8, 4) is 17.2 Å². The van der Waals surface area contributed by atoms with Gasteiger partial charge >= 0.3 is 0 Å². The Bertz CT molecular complexity index is 747. The van der Waals surface area contributed by atoms with Gasteiger partial charge in [0.1, 0.15) is 19.0 Å². The van der Waals surface area contributed by atoms with Crippen LogP contribution < -0.4 is 14.2 Å². The van der Waals surface area contributed by atoms with Crippen LogP contribution in [-0.2, 0) is 17.9 Å². The smallest absolute Gasteiger partial charge is 0.161 e. The van der Waals surface area contributed by atoms with Crippen LogP contribution in [0.2, 0.25) is 0 Å². The molecule has 5 heteroatoms. The average molecular weight is 357 g/mol. The van der Waals surface area contributed by atoms with Crippen molar-refractivity contribution in [3.05, 3.63) is 53.1 Å². The van der Waals surface area contributed by atoms with Crippen LogP contribution in [0, 0.1) is 0 Å². The Balaban J connectivity index is 1.73. The predicted octanol–water partition coefficient (Wildman–Crippen LogP) is 3.81. The van der Waals surface area contributed by atoms with Crippen LogP contribution in [0.4, 0.5) is 0 Å². The zero-order valence-electron chi connectivity index (χ0n) is 16.0. The molecule has 2 aromatic carbocycles. The Hall–Kier alpha value is -2.24. The van der Waals surface area contributed by atoms with Crippen molar-refractivity contribution >= 4 is 0 Å². The summed E-state index contributed by atoms with van der Waals surface area (Å²) in [6.07, 6.45) is 0. The number of hydrogen-bond donors (Lipinski definition) is 0. The minimum atomic E-state index is 0.249. The molecule has 1 aliphatic rings. The predicted molar refractivity (Wildman–Crippen MR) is 101 cm³/mol. The van der Waals surface area contributed by atoms with E-state index in [1.165, 1.54) is 11.1 Å². The van der Waals surface area contributed by atoms with E-state index < -0.39 is 0 Å². The third-order valence-electron chi connectivity index (χ3n) is 4.79. The van der Waals surface area contributed by atoms with Gasteiger partial charge in [0.05, 0.1) is 13.7 Å². The van der Waals surface area contributed by atoms with E-state index in [9.17, 15) is 0 Å². The van der Waals surface area contributed by atoms with Gasteiger partial charge in [-0.1, -0.05) is 12.1 Å². The lowest BCUT2D eigenvalue weighted by atomic mass is 10.0. The van der Waals surface area contributed by atoms with E-state index in [4.69, 9.17) is 18.9 Å². The molecule has 1 heterocycles. The summed E-state index contributed by atoms with van der Waals surface area (Å²) in [6, 6.07) is 12.7. The lowest BCUT2D eigenvalue weighted by Gasteiger charge is -2.27. The molecule has 0 radical (unpaired) electrons. The van der Waals surface area contributed by atoms with Crippen molar-refractivity contribution < 1.29 is 18.9 Å². The fourth-order valence-corrected chi connectivity index (χ4v) is 3.20. The number of ether oxygens (including phenoxy) is 4. The van der Waals surface area contributed by atoms with Gasteiger partial charge in [0, 0.05) is 25.3 Å². The van der Waals surface area contributed by atoms with Gasteiger partial charge in [0.2, 0.25) is 0 Å². The molecule has 2 aromatic rings. The monoisotopic (exact) mass is 357 g/mol. The molecular weight excluding hydrogens is 330 g/mol. The van der Waals surface area contributed by atoms with Gasteiger partial charge in [-0.2, -0.15) is 0 Å². The molecular formula is C21H27NO4. The fraction of sp³-hybridized carbons (Fsp3) is 0.429. The van der Waals surface area contributed by atoms with Gasteiger partial charge in [0.15, 0.2) is 11.5 Å². The van der Waals surface area contributed by atoms with E-state index in [1.807, 2.05) is 12.1 Å². The third kappa shape index (κ3) is 4.11. The van der Waals surface area contributed by atoms with Crippen molar-refractivity contribution in [1.29, 1.82) is 0 Å². The van der Waals surface area contributed by atoms with Crippen molar-refractivity contribution in [2.24, 2.45) is 0 Å². The molecule has 1 aliphatic heterocycles. The molecule has 0 bridgehead atoms. The second-order valence-electron chi connectivity index (χ2n) is 6.57. The summed E-state index contributed by atoms with van der Waals surface area (Å²) in [4.78, 5) is 2.31. The molecule has 0 saturated heterocycles. The Morgan fingerprint density at radius 3 is 2.54 bits per heavy atom. The summed E-state index contributed by atoms with van der Waals surface area (Å²) in [7, 11) is 5.51. The number of fused-ring (bicyclic) bond motifs is 1. The maximum absolute atomic E-state index is 5.71. The van der Waals surface area contributed by atoms with Crippen LogP contribution in [0.3, 0.4) is 0 Å². The molecule has 140 valence electrons. The quantitative estimate of drug-likeness (QED) is 0.754. The van der Waals surface area contributed by atoms with Gasteiger partial charge in [-0.3, -0.25) is 4.90 Å². The first-order chi connectivity index (χ1) is 12.6. The van der Waals surface area contributed by atoms with E-state index in [0.29, 0.717) is 19.8 Å². The highest BCUT2D eigenvalue weighted by molar-refractivity contribution is 5.44. The molecule has 26 heavy (non-hydrogen) atoms. The molecule has 0 N–H and O–H groups in total. The number of rotatable bonds is 7. The molecule has 5 nitrogen and oxygen atoms in total. The molecule has 1 unspecified atom stereocenters. The van der Waals surface area contributed by atoms with Crippen molar-refractivity contribution in [1.82, 2.24) is 4.90 Å². The zero-order valence-corrected chi connectivity index (χ0v) is 16.0. The summed E-state index contributed by atoms with van der Waals surface area (Å²) in [5, 5.41) is 0. The SMILES string of the molecule is COCc1cc(CN(C)C(C)c2ccc3c(c2)OCCO3)ccc1OC. The maximum atomic E-state index is 5.71. The standard InChI is InChI=1S/C21H27NO4/c1-15(17-6-8-20-21(12-17)26-10-9-25-20)22(2)13-16-5-7-19(24-4)18(11-16)14-23-3/h5-8,11-12,15H,9-10,13-14H2,1-4H3. The van der Waals surface area contributed by atoms with Crippen molar-refractivity contribution in [2.45, 2.75) is 26.1 Å². The molecule has 0 aliphatic carbocycles. The van der Waals surface area contributed by atoms with Gasteiger partial charge < -0.3 is 18.9 Å². The highest BCUT2D eigenvalue weighted by Crippen LogP contribution is 2.34. The molecule has 0 amide bonds. The molecule has 1 atom stereocenters. The molecule has 0 spiro atoms. The largest absolute Gasteiger partial charge is 0.496 e.